The lowest BCUT2D eigenvalue weighted by Gasteiger charge is -2.22. The Morgan fingerprint density at radius 3 is 3.04 bits per heavy atom. The predicted molar refractivity (Wildman–Crippen MR) is 86.4 cm³/mol. The van der Waals surface area contributed by atoms with E-state index in [-0.39, 0.29) is 23.8 Å². The van der Waals surface area contributed by atoms with Gasteiger partial charge in [0.15, 0.2) is 5.65 Å². The Bertz CT molecular complexity index is 928. The Morgan fingerprint density at radius 2 is 2.25 bits per heavy atom. The highest BCUT2D eigenvalue weighted by atomic mass is 19.1. The fourth-order valence-electron chi connectivity index (χ4n) is 3.07. The molecule has 1 aliphatic rings. The number of nitrogens with one attached hydrogen (secondary N) is 1. The first-order valence-corrected chi connectivity index (χ1v) is 8.00. The van der Waals surface area contributed by atoms with Crippen LogP contribution in [-0.4, -0.2) is 33.0 Å². The summed E-state index contributed by atoms with van der Waals surface area (Å²) in [7, 11) is 0. The van der Waals surface area contributed by atoms with Crippen LogP contribution in [0.3, 0.4) is 0 Å². The maximum Gasteiger partial charge on any atom is 0.262 e. The highest BCUT2D eigenvalue weighted by Crippen LogP contribution is 2.22. The molecule has 0 aliphatic carbocycles. The zero-order valence-electron chi connectivity index (χ0n) is 13.0. The fraction of sp³-hybridized carbons (Fsp3) is 0.353. The van der Waals surface area contributed by atoms with E-state index in [0.29, 0.717) is 29.0 Å². The molecular formula is C17H17FN4O2. The van der Waals surface area contributed by atoms with Gasteiger partial charge >= 0.3 is 0 Å². The zero-order chi connectivity index (χ0) is 16.5. The molecule has 124 valence electrons. The maximum atomic E-state index is 13.8. The van der Waals surface area contributed by atoms with Crippen molar-refractivity contribution < 1.29 is 9.13 Å². The SMILES string of the molecule is O=c1[nH]c(Cc2ccccc2F)nc2c1cnn2C1CCCOC1. The molecule has 0 spiro atoms. The number of halogens is 1. The molecule has 1 N–H and O–H groups in total. The van der Waals surface area contributed by atoms with Gasteiger partial charge in [-0.2, -0.15) is 5.10 Å². The highest BCUT2D eigenvalue weighted by molar-refractivity contribution is 5.73. The van der Waals surface area contributed by atoms with Crippen LogP contribution in [0, 0.1) is 5.82 Å². The molecule has 7 heteroatoms. The summed E-state index contributed by atoms with van der Waals surface area (Å²) in [5.74, 6) is 0.116. The summed E-state index contributed by atoms with van der Waals surface area (Å²) >= 11 is 0. The maximum absolute atomic E-state index is 13.8. The summed E-state index contributed by atoms with van der Waals surface area (Å²) in [6.45, 7) is 1.32. The van der Waals surface area contributed by atoms with Gasteiger partial charge in [-0.1, -0.05) is 18.2 Å². The van der Waals surface area contributed by atoms with Gasteiger partial charge in [0, 0.05) is 13.0 Å². The molecule has 6 nitrogen and oxygen atoms in total. The van der Waals surface area contributed by atoms with Gasteiger partial charge in [-0.3, -0.25) is 4.79 Å². The average molecular weight is 328 g/mol. The Hall–Kier alpha value is -2.54. The summed E-state index contributed by atoms with van der Waals surface area (Å²) in [4.78, 5) is 19.6. The Labute approximate surface area is 137 Å². The Morgan fingerprint density at radius 1 is 1.38 bits per heavy atom. The fourth-order valence-corrected chi connectivity index (χ4v) is 3.07. The second kappa shape index (κ2) is 6.16. The number of hydrogen-bond acceptors (Lipinski definition) is 4. The van der Waals surface area contributed by atoms with Gasteiger partial charge in [0.1, 0.15) is 17.0 Å². The van der Waals surface area contributed by atoms with E-state index in [9.17, 15) is 9.18 Å². The van der Waals surface area contributed by atoms with Crippen molar-refractivity contribution in [3.05, 3.63) is 58.0 Å². The number of fused-ring (bicyclic) bond motifs is 1. The highest BCUT2D eigenvalue weighted by Gasteiger charge is 2.20. The number of H-pyrrole nitrogens is 1. The van der Waals surface area contributed by atoms with Gasteiger partial charge < -0.3 is 9.72 Å². The molecule has 0 radical (unpaired) electrons. The van der Waals surface area contributed by atoms with Crippen molar-refractivity contribution in [3.63, 3.8) is 0 Å². The minimum absolute atomic E-state index is 0.0758. The van der Waals surface area contributed by atoms with Crippen molar-refractivity contribution >= 4 is 11.0 Å². The van der Waals surface area contributed by atoms with Gasteiger partial charge in [0.25, 0.3) is 5.56 Å². The molecule has 3 heterocycles. The van der Waals surface area contributed by atoms with Crippen LogP contribution in [0.5, 0.6) is 0 Å². The number of aromatic nitrogens is 4. The first-order valence-electron chi connectivity index (χ1n) is 8.00. The molecule has 1 atom stereocenters. The number of benzene rings is 1. The van der Waals surface area contributed by atoms with Crippen LogP contribution in [-0.2, 0) is 11.2 Å². The topological polar surface area (TPSA) is 72.8 Å². The lowest BCUT2D eigenvalue weighted by Crippen LogP contribution is -2.23. The second-order valence-corrected chi connectivity index (χ2v) is 5.98. The molecule has 1 fully saturated rings. The van der Waals surface area contributed by atoms with Crippen molar-refractivity contribution in [3.8, 4) is 0 Å². The van der Waals surface area contributed by atoms with E-state index < -0.39 is 0 Å². The molecule has 1 aromatic carbocycles. The van der Waals surface area contributed by atoms with Crippen molar-refractivity contribution in [2.45, 2.75) is 25.3 Å². The zero-order valence-corrected chi connectivity index (χ0v) is 13.0. The van der Waals surface area contributed by atoms with E-state index >= 15 is 0 Å². The molecule has 0 saturated carbocycles. The van der Waals surface area contributed by atoms with Crippen LogP contribution in [0.25, 0.3) is 11.0 Å². The first-order chi connectivity index (χ1) is 11.7. The van der Waals surface area contributed by atoms with Crippen LogP contribution in [0.1, 0.15) is 30.3 Å². The molecule has 2 aromatic heterocycles. The third-order valence-corrected chi connectivity index (χ3v) is 4.31. The lowest BCUT2D eigenvalue weighted by molar-refractivity contribution is 0.0563. The van der Waals surface area contributed by atoms with Crippen LogP contribution < -0.4 is 5.56 Å². The molecule has 3 aromatic rings. The molecule has 1 aliphatic heterocycles. The lowest BCUT2D eigenvalue weighted by atomic mass is 10.1. The first kappa shape index (κ1) is 15.0. The summed E-state index contributed by atoms with van der Waals surface area (Å²) < 4.78 is 21.1. The third-order valence-electron chi connectivity index (χ3n) is 4.31. The molecular weight excluding hydrogens is 311 g/mol. The second-order valence-electron chi connectivity index (χ2n) is 5.98. The van der Waals surface area contributed by atoms with Crippen molar-refractivity contribution in [2.75, 3.05) is 13.2 Å². The van der Waals surface area contributed by atoms with Gasteiger partial charge in [-0.15, -0.1) is 0 Å². The van der Waals surface area contributed by atoms with Crippen LogP contribution in [0.4, 0.5) is 4.39 Å². The molecule has 4 rings (SSSR count). The largest absolute Gasteiger partial charge is 0.379 e. The summed E-state index contributed by atoms with van der Waals surface area (Å²) in [6, 6.07) is 6.56. The molecule has 1 saturated heterocycles. The summed E-state index contributed by atoms with van der Waals surface area (Å²) in [5, 5.41) is 4.77. The van der Waals surface area contributed by atoms with E-state index in [1.165, 1.54) is 12.3 Å². The predicted octanol–water partition coefficient (Wildman–Crippen LogP) is 2.20. The number of nitrogens with zero attached hydrogens (tertiary/aromatic N) is 3. The molecule has 0 bridgehead atoms. The van der Waals surface area contributed by atoms with E-state index in [0.717, 1.165) is 19.4 Å². The Kier molecular flexibility index (Phi) is 3.86. The minimum Gasteiger partial charge on any atom is -0.379 e. The quantitative estimate of drug-likeness (QED) is 0.800. The van der Waals surface area contributed by atoms with Crippen LogP contribution >= 0.6 is 0 Å². The monoisotopic (exact) mass is 328 g/mol. The summed E-state index contributed by atoms with van der Waals surface area (Å²) in [6.07, 6.45) is 3.65. The van der Waals surface area contributed by atoms with E-state index in [1.54, 1.807) is 22.9 Å². The Balaban J connectivity index is 1.75. The van der Waals surface area contributed by atoms with E-state index in [2.05, 4.69) is 15.1 Å². The van der Waals surface area contributed by atoms with E-state index in [4.69, 9.17) is 4.74 Å². The van der Waals surface area contributed by atoms with Crippen molar-refractivity contribution in [1.82, 2.24) is 19.7 Å². The van der Waals surface area contributed by atoms with Crippen LogP contribution in [0.2, 0.25) is 0 Å². The van der Waals surface area contributed by atoms with Gasteiger partial charge in [-0.05, 0) is 24.5 Å². The number of rotatable bonds is 3. The average Bonchev–Trinajstić information content (AvgIpc) is 3.02. The third kappa shape index (κ3) is 2.71. The molecule has 24 heavy (non-hydrogen) atoms. The van der Waals surface area contributed by atoms with Crippen LogP contribution in [0.15, 0.2) is 35.3 Å². The summed E-state index contributed by atoms with van der Waals surface area (Å²) in [5.41, 5.74) is 0.766. The van der Waals surface area contributed by atoms with Gasteiger partial charge in [0.2, 0.25) is 0 Å². The van der Waals surface area contributed by atoms with Gasteiger partial charge in [0.05, 0.1) is 18.8 Å². The van der Waals surface area contributed by atoms with E-state index in [1.807, 2.05) is 0 Å². The van der Waals surface area contributed by atoms with Crippen molar-refractivity contribution in [2.24, 2.45) is 0 Å². The number of hydrogen-bond donors (Lipinski definition) is 1. The molecule has 0 amide bonds. The van der Waals surface area contributed by atoms with Gasteiger partial charge in [-0.25, -0.2) is 14.1 Å². The van der Waals surface area contributed by atoms with Crippen molar-refractivity contribution in [1.29, 1.82) is 0 Å². The standard InChI is InChI=1S/C17H17FN4O2/c18-14-6-2-1-4-11(14)8-15-20-16-13(17(23)21-15)9-19-22(16)12-5-3-7-24-10-12/h1-2,4,6,9,12H,3,5,7-8,10H2,(H,20,21,23). The normalized spacial score (nSPS) is 18.1. The smallest absolute Gasteiger partial charge is 0.262 e. The molecule has 1 unspecified atom stereocenters. The number of ether oxygens (including phenoxy) is 1. The number of aromatic amines is 1. The minimum atomic E-state index is -0.311.